The van der Waals surface area contributed by atoms with Gasteiger partial charge in [0.25, 0.3) is 0 Å². The monoisotopic (exact) mass is 379 g/mol. The molecule has 0 radical (unpaired) electrons. The highest BCUT2D eigenvalue weighted by atomic mass is 19.1. The second-order valence-electron chi connectivity index (χ2n) is 7.07. The van der Waals surface area contributed by atoms with E-state index in [9.17, 15) is 9.18 Å². The normalized spacial score (nSPS) is 10.8. The summed E-state index contributed by atoms with van der Waals surface area (Å²) in [6.07, 6.45) is 4.43. The molecule has 0 aliphatic rings. The molecule has 28 heavy (non-hydrogen) atoms. The van der Waals surface area contributed by atoms with Crippen LogP contribution in [0.15, 0.2) is 60.7 Å². The fourth-order valence-corrected chi connectivity index (χ4v) is 3.13. The fourth-order valence-electron chi connectivity index (χ4n) is 3.13. The van der Waals surface area contributed by atoms with Crippen LogP contribution in [0.1, 0.15) is 30.5 Å². The van der Waals surface area contributed by atoms with Gasteiger partial charge in [-0.3, -0.25) is 9.89 Å². The van der Waals surface area contributed by atoms with Gasteiger partial charge in [0.2, 0.25) is 5.91 Å². The second kappa shape index (κ2) is 9.83. The summed E-state index contributed by atoms with van der Waals surface area (Å²) in [5, 5.41) is 7.36. The van der Waals surface area contributed by atoms with Gasteiger partial charge in [-0.15, -0.1) is 0 Å². The van der Waals surface area contributed by atoms with Gasteiger partial charge in [0.15, 0.2) is 0 Å². The second-order valence-corrected chi connectivity index (χ2v) is 7.07. The van der Waals surface area contributed by atoms with Crippen LogP contribution >= 0.6 is 0 Å². The van der Waals surface area contributed by atoms with Crippen LogP contribution in [0.5, 0.6) is 0 Å². The Balaban J connectivity index is 1.35. The zero-order valence-electron chi connectivity index (χ0n) is 16.2. The molecule has 0 atom stereocenters. The van der Waals surface area contributed by atoms with Crippen LogP contribution in [0.25, 0.3) is 11.3 Å². The maximum absolute atomic E-state index is 13.0. The van der Waals surface area contributed by atoms with Gasteiger partial charge in [-0.2, -0.15) is 5.10 Å². The summed E-state index contributed by atoms with van der Waals surface area (Å²) in [5.41, 5.74) is 3.87. The van der Waals surface area contributed by atoms with Gasteiger partial charge in [0.1, 0.15) is 5.82 Å². The molecule has 0 unspecified atom stereocenters. The predicted molar refractivity (Wildman–Crippen MR) is 109 cm³/mol. The van der Waals surface area contributed by atoms with E-state index in [0.717, 1.165) is 54.7 Å². The van der Waals surface area contributed by atoms with E-state index < -0.39 is 0 Å². The number of aromatic amines is 1. The van der Waals surface area contributed by atoms with E-state index in [1.807, 2.05) is 48.3 Å². The zero-order valence-corrected chi connectivity index (χ0v) is 16.2. The Bertz CT molecular complexity index is 874. The summed E-state index contributed by atoms with van der Waals surface area (Å²) in [6, 6.07) is 18.2. The van der Waals surface area contributed by atoms with E-state index in [2.05, 4.69) is 10.2 Å². The molecule has 3 aromatic rings. The minimum Gasteiger partial charge on any atom is -0.345 e. The Hall–Kier alpha value is -2.95. The van der Waals surface area contributed by atoms with Gasteiger partial charge < -0.3 is 4.90 Å². The topological polar surface area (TPSA) is 49.0 Å². The minimum atomic E-state index is -0.244. The molecule has 1 N–H and O–H groups in total. The molecule has 5 heteroatoms. The Labute approximate surface area is 165 Å². The molecular weight excluding hydrogens is 353 g/mol. The van der Waals surface area contributed by atoms with Gasteiger partial charge in [-0.05, 0) is 55.2 Å². The first-order valence-electron chi connectivity index (χ1n) is 9.70. The lowest BCUT2D eigenvalue weighted by Crippen LogP contribution is -2.29. The number of carbonyl (C=O) groups is 1. The molecule has 0 fully saturated rings. The number of aromatic nitrogens is 2. The molecule has 2 aromatic carbocycles. The summed E-state index contributed by atoms with van der Waals surface area (Å²) < 4.78 is 13.0. The third-order valence-electron chi connectivity index (χ3n) is 4.83. The number of nitrogens with zero attached hydrogens (tertiary/aromatic N) is 2. The van der Waals surface area contributed by atoms with E-state index in [4.69, 9.17) is 0 Å². The number of benzene rings is 2. The van der Waals surface area contributed by atoms with Crippen LogP contribution in [0.2, 0.25) is 0 Å². The first-order valence-corrected chi connectivity index (χ1v) is 9.70. The van der Waals surface area contributed by atoms with Crippen molar-refractivity contribution in [1.82, 2.24) is 15.1 Å². The van der Waals surface area contributed by atoms with Crippen molar-refractivity contribution in [2.75, 3.05) is 13.6 Å². The average molecular weight is 379 g/mol. The van der Waals surface area contributed by atoms with Gasteiger partial charge in [0.05, 0.1) is 12.1 Å². The van der Waals surface area contributed by atoms with Crippen molar-refractivity contribution in [2.45, 2.75) is 32.1 Å². The van der Waals surface area contributed by atoms with Gasteiger partial charge in [-0.1, -0.05) is 36.8 Å². The quantitative estimate of drug-likeness (QED) is 0.551. The van der Waals surface area contributed by atoms with Crippen LogP contribution in [0.4, 0.5) is 4.39 Å². The lowest BCUT2D eigenvalue weighted by molar-refractivity contribution is -0.129. The van der Waals surface area contributed by atoms with Crippen LogP contribution < -0.4 is 0 Å². The lowest BCUT2D eigenvalue weighted by Gasteiger charge is -2.17. The molecule has 4 nitrogen and oxygen atoms in total. The van der Waals surface area contributed by atoms with Crippen molar-refractivity contribution in [3.63, 3.8) is 0 Å². The molecule has 0 spiro atoms. The molecule has 0 aliphatic carbocycles. The maximum Gasteiger partial charge on any atom is 0.226 e. The number of hydrogen-bond acceptors (Lipinski definition) is 2. The Morgan fingerprint density at radius 2 is 1.79 bits per heavy atom. The highest BCUT2D eigenvalue weighted by Crippen LogP contribution is 2.19. The van der Waals surface area contributed by atoms with Gasteiger partial charge in [-0.25, -0.2) is 4.39 Å². The highest BCUT2D eigenvalue weighted by Gasteiger charge is 2.09. The average Bonchev–Trinajstić information content (AvgIpc) is 3.18. The van der Waals surface area contributed by atoms with Gasteiger partial charge in [0, 0.05) is 24.8 Å². The first-order chi connectivity index (χ1) is 13.6. The molecule has 0 bridgehead atoms. The van der Waals surface area contributed by atoms with Crippen molar-refractivity contribution in [3.05, 3.63) is 77.7 Å². The summed E-state index contributed by atoms with van der Waals surface area (Å²) in [6.45, 7) is 0.773. The summed E-state index contributed by atoms with van der Waals surface area (Å²) in [4.78, 5) is 14.1. The van der Waals surface area contributed by atoms with E-state index in [1.54, 1.807) is 12.1 Å². The molecule has 3 rings (SSSR count). The molecule has 1 amide bonds. The van der Waals surface area contributed by atoms with Crippen LogP contribution in [0.3, 0.4) is 0 Å². The summed E-state index contributed by atoms with van der Waals surface area (Å²) in [7, 11) is 1.87. The van der Waals surface area contributed by atoms with E-state index in [0.29, 0.717) is 6.42 Å². The molecule has 146 valence electrons. The fraction of sp³-hybridized carbons (Fsp3) is 0.304. The van der Waals surface area contributed by atoms with Crippen molar-refractivity contribution >= 4 is 5.91 Å². The first kappa shape index (κ1) is 19.8. The molecule has 1 aromatic heterocycles. The number of unbranched alkanes of at least 4 members (excludes halogenated alkanes) is 2. The maximum atomic E-state index is 13.0. The lowest BCUT2D eigenvalue weighted by atomic mass is 10.1. The van der Waals surface area contributed by atoms with Gasteiger partial charge >= 0.3 is 0 Å². The molecular formula is C23H26FN3O. The Morgan fingerprint density at radius 1 is 1.04 bits per heavy atom. The van der Waals surface area contributed by atoms with E-state index in [1.165, 1.54) is 12.1 Å². The highest BCUT2D eigenvalue weighted by molar-refractivity contribution is 5.78. The summed E-state index contributed by atoms with van der Waals surface area (Å²) >= 11 is 0. The zero-order chi connectivity index (χ0) is 19.8. The minimum absolute atomic E-state index is 0.156. The third-order valence-corrected chi connectivity index (χ3v) is 4.83. The number of halogens is 1. The van der Waals surface area contributed by atoms with Crippen LogP contribution in [-0.4, -0.2) is 34.6 Å². The van der Waals surface area contributed by atoms with Crippen molar-refractivity contribution < 1.29 is 9.18 Å². The number of rotatable bonds is 9. The number of amides is 1. The number of carbonyl (C=O) groups excluding carboxylic acids is 1. The Morgan fingerprint density at radius 3 is 2.54 bits per heavy atom. The number of aryl methyl sites for hydroxylation is 1. The van der Waals surface area contributed by atoms with Crippen molar-refractivity contribution in [1.29, 1.82) is 0 Å². The predicted octanol–water partition coefficient (Wildman–Crippen LogP) is 4.63. The number of nitrogens with one attached hydrogen (secondary N) is 1. The van der Waals surface area contributed by atoms with Crippen molar-refractivity contribution in [3.8, 4) is 11.3 Å². The van der Waals surface area contributed by atoms with Crippen LogP contribution in [0, 0.1) is 5.82 Å². The standard InChI is InChI=1S/C23H26FN3O/c1-27(23(28)16-18-8-4-2-5-9-18)15-7-3-6-10-21-17-22(26-25-21)19-11-13-20(24)14-12-19/h2,4-5,8-9,11-14,17H,3,6-7,10,15-16H2,1H3,(H,25,26). The molecule has 1 heterocycles. The SMILES string of the molecule is CN(CCCCCc1cc(-c2ccc(F)cc2)n[nH]1)C(=O)Cc1ccccc1. The smallest absolute Gasteiger partial charge is 0.226 e. The molecule has 0 aliphatic heterocycles. The number of hydrogen-bond donors (Lipinski definition) is 1. The van der Waals surface area contributed by atoms with Crippen molar-refractivity contribution in [2.24, 2.45) is 0 Å². The third kappa shape index (κ3) is 5.78. The van der Waals surface area contributed by atoms with E-state index >= 15 is 0 Å². The largest absolute Gasteiger partial charge is 0.345 e. The molecule has 0 saturated heterocycles. The van der Waals surface area contributed by atoms with Crippen LogP contribution in [-0.2, 0) is 17.6 Å². The Kier molecular flexibility index (Phi) is 6.95. The summed E-state index contributed by atoms with van der Waals surface area (Å²) in [5.74, 6) is -0.0876. The van der Waals surface area contributed by atoms with E-state index in [-0.39, 0.29) is 11.7 Å². The molecule has 0 saturated carbocycles. The number of likely N-dealkylation sites (N-methyl/N-ethyl adjacent to an activating group) is 1. The number of H-pyrrole nitrogens is 1.